The van der Waals surface area contributed by atoms with Crippen molar-refractivity contribution in [3.63, 3.8) is 0 Å². The Morgan fingerprint density at radius 1 is 1.10 bits per heavy atom. The van der Waals surface area contributed by atoms with Crippen molar-refractivity contribution in [3.05, 3.63) is 75.7 Å². The molecule has 0 unspecified atom stereocenters. The standard InChI is InChI=1S/C28H28F2N2O7S2/c1-4-38-28(35)24-20-10-8-15(2)12-23(20)40-26(24)31-25(33)16(3)39-27(34)17-6-5-7-18(13-17)32-41(36,37)19-9-11-21(29)22(30)14-19/h5-7,9,11,13-16,32H,4,8,10,12H2,1-3H3,(H,31,33)/t15-,16-/m0/s1. The molecule has 0 saturated heterocycles. The molecule has 3 aromatic rings. The third kappa shape index (κ3) is 6.91. The molecule has 0 saturated carbocycles. The Balaban J connectivity index is 1.46. The first-order chi connectivity index (χ1) is 19.4. The molecule has 1 heterocycles. The number of carbonyl (C=O) groups is 3. The van der Waals surface area contributed by atoms with Crippen molar-refractivity contribution in [2.24, 2.45) is 5.92 Å². The number of anilines is 2. The molecular formula is C28H28F2N2O7S2. The number of fused-ring (bicyclic) bond motifs is 1. The Hall–Kier alpha value is -3.84. The zero-order chi connectivity index (χ0) is 29.9. The zero-order valence-electron chi connectivity index (χ0n) is 22.5. The van der Waals surface area contributed by atoms with Crippen LogP contribution >= 0.6 is 11.3 Å². The number of thiophene rings is 1. The summed E-state index contributed by atoms with van der Waals surface area (Å²) < 4.78 is 64.6. The normalized spacial score (nSPS) is 15.4. The zero-order valence-corrected chi connectivity index (χ0v) is 24.1. The summed E-state index contributed by atoms with van der Waals surface area (Å²) in [5, 5.41) is 3.04. The summed E-state index contributed by atoms with van der Waals surface area (Å²) in [6, 6.07) is 7.39. The van der Waals surface area contributed by atoms with Crippen LogP contribution < -0.4 is 10.0 Å². The Kier molecular flexibility index (Phi) is 9.08. The molecule has 2 aromatic carbocycles. The SMILES string of the molecule is CCOC(=O)c1c(NC(=O)[C@H](C)OC(=O)c2cccc(NS(=O)(=O)c3ccc(F)c(F)c3)c2)sc2c1CC[C@H](C)C2. The summed E-state index contributed by atoms with van der Waals surface area (Å²) >= 11 is 1.31. The van der Waals surface area contributed by atoms with Crippen LogP contribution in [0.15, 0.2) is 47.4 Å². The van der Waals surface area contributed by atoms with Crippen LogP contribution in [0.1, 0.15) is 58.3 Å². The molecule has 1 aromatic heterocycles. The number of carbonyl (C=O) groups excluding carboxylic acids is 3. The predicted octanol–water partition coefficient (Wildman–Crippen LogP) is 5.31. The fourth-order valence-corrected chi connectivity index (χ4v) is 6.78. The molecule has 1 aliphatic carbocycles. The van der Waals surface area contributed by atoms with Crippen molar-refractivity contribution in [2.45, 2.75) is 51.0 Å². The fraction of sp³-hybridized carbons (Fsp3) is 0.321. The average molecular weight is 607 g/mol. The van der Waals surface area contributed by atoms with Crippen molar-refractivity contribution in [1.82, 2.24) is 0 Å². The fourth-order valence-electron chi connectivity index (χ4n) is 4.32. The van der Waals surface area contributed by atoms with Gasteiger partial charge in [-0.2, -0.15) is 0 Å². The van der Waals surface area contributed by atoms with Gasteiger partial charge in [0.15, 0.2) is 17.7 Å². The number of rotatable bonds is 9. The number of sulfonamides is 1. The second kappa shape index (κ2) is 12.4. The Morgan fingerprint density at radius 3 is 2.56 bits per heavy atom. The molecule has 218 valence electrons. The first kappa shape index (κ1) is 30.1. The summed E-state index contributed by atoms with van der Waals surface area (Å²) in [6.07, 6.45) is 1.12. The van der Waals surface area contributed by atoms with Gasteiger partial charge in [0.1, 0.15) is 5.00 Å². The van der Waals surface area contributed by atoms with Crippen LogP contribution in [0, 0.1) is 17.6 Å². The number of amides is 1. The van der Waals surface area contributed by atoms with Crippen molar-refractivity contribution < 1.29 is 41.1 Å². The molecule has 13 heteroatoms. The second-order valence-corrected chi connectivity index (χ2v) is 12.4. The number of hydrogen-bond acceptors (Lipinski definition) is 8. The Labute approximate surface area is 239 Å². The average Bonchev–Trinajstić information content (AvgIpc) is 3.26. The molecule has 1 amide bonds. The number of hydrogen-bond donors (Lipinski definition) is 2. The largest absolute Gasteiger partial charge is 0.462 e. The monoisotopic (exact) mass is 606 g/mol. The van der Waals surface area contributed by atoms with Gasteiger partial charge in [-0.3, -0.25) is 9.52 Å². The van der Waals surface area contributed by atoms with E-state index in [1.807, 2.05) is 0 Å². The van der Waals surface area contributed by atoms with Crippen molar-refractivity contribution in [2.75, 3.05) is 16.6 Å². The van der Waals surface area contributed by atoms with E-state index in [1.54, 1.807) is 6.92 Å². The summed E-state index contributed by atoms with van der Waals surface area (Å²) in [6.45, 7) is 5.36. The van der Waals surface area contributed by atoms with E-state index in [-0.39, 0.29) is 17.9 Å². The maximum Gasteiger partial charge on any atom is 0.341 e. The van der Waals surface area contributed by atoms with Gasteiger partial charge in [-0.15, -0.1) is 11.3 Å². The van der Waals surface area contributed by atoms with Gasteiger partial charge >= 0.3 is 11.9 Å². The summed E-state index contributed by atoms with van der Waals surface area (Å²) in [5.41, 5.74) is 1.09. The molecule has 1 aliphatic rings. The smallest absolute Gasteiger partial charge is 0.341 e. The van der Waals surface area contributed by atoms with Gasteiger partial charge in [0.05, 0.1) is 22.6 Å². The van der Waals surface area contributed by atoms with E-state index < -0.39 is 50.5 Å². The first-order valence-electron chi connectivity index (χ1n) is 12.8. The highest BCUT2D eigenvalue weighted by molar-refractivity contribution is 7.92. The number of ether oxygens (including phenoxy) is 2. The van der Waals surface area contributed by atoms with E-state index in [9.17, 15) is 31.6 Å². The summed E-state index contributed by atoms with van der Waals surface area (Å²) in [5.74, 6) is -4.18. The van der Waals surface area contributed by atoms with Crippen LogP contribution in [0.5, 0.6) is 0 Å². The van der Waals surface area contributed by atoms with Crippen LogP contribution in [0.3, 0.4) is 0 Å². The van der Waals surface area contributed by atoms with Crippen molar-refractivity contribution >= 4 is 49.9 Å². The van der Waals surface area contributed by atoms with Gasteiger partial charge in [0.25, 0.3) is 15.9 Å². The quantitative estimate of drug-likeness (QED) is 0.316. The molecule has 41 heavy (non-hydrogen) atoms. The third-order valence-corrected chi connectivity index (χ3v) is 8.98. The van der Waals surface area contributed by atoms with E-state index in [0.29, 0.717) is 35.0 Å². The molecule has 2 atom stereocenters. The molecule has 9 nitrogen and oxygen atoms in total. The van der Waals surface area contributed by atoms with Gasteiger partial charge in [0.2, 0.25) is 0 Å². The third-order valence-electron chi connectivity index (χ3n) is 6.43. The highest BCUT2D eigenvalue weighted by atomic mass is 32.2. The van der Waals surface area contributed by atoms with Crippen LogP contribution in [0.2, 0.25) is 0 Å². The topological polar surface area (TPSA) is 128 Å². The van der Waals surface area contributed by atoms with Crippen molar-refractivity contribution in [3.8, 4) is 0 Å². The molecule has 0 spiro atoms. The highest BCUT2D eigenvalue weighted by Gasteiger charge is 2.30. The van der Waals surface area contributed by atoms with E-state index in [0.717, 1.165) is 29.3 Å². The maximum atomic E-state index is 13.5. The van der Waals surface area contributed by atoms with Crippen LogP contribution in [-0.4, -0.2) is 39.0 Å². The summed E-state index contributed by atoms with van der Waals surface area (Å²) in [7, 11) is -4.30. The van der Waals surface area contributed by atoms with Gasteiger partial charge in [-0.05, 0) is 81.0 Å². The molecule has 2 N–H and O–H groups in total. The number of halogens is 2. The molecule has 0 bridgehead atoms. The van der Waals surface area contributed by atoms with Crippen molar-refractivity contribution in [1.29, 1.82) is 0 Å². The molecule has 0 aliphatic heterocycles. The van der Waals surface area contributed by atoms with Crippen LogP contribution in [-0.2, 0) is 37.1 Å². The minimum atomic E-state index is -4.30. The Morgan fingerprint density at radius 2 is 1.85 bits per heavy atom. The number of benzene rings is 2. The van der Waals surface area contributed by atoms with E-state index >= 15 is 0 Å². The predicted molar refractivity (Wildman–Crippen MR) is 149 cm³/mol. The lowest BCUT2D eigenvalue weighted by Gasteiger charge is -2.18. The number of nitrogens with one attached hydrogen (secondary N) is 2. The highest BCUT2D eigenvalue weighted by Crippen LogP contribution is 2.40. The lowest BCUT2D eigenvalue weighted by molar-refractivity contribution is -0.123. The van der Waals surface area contributed by atoms with Crippen LogP contribution in [0.4, 0.5) is 19.5 Å². The number of esters is 2. The van der Waals surface area contributed by atoms with E-state index in [4.69, 9.17) is 9.47 Å². The summed E-state index contributed by atoms with van der Waals surface area (Å²) in [4.78, 5) is 39.0. The first-order valence-corrected chi connectivity index (χ1v) is 15.1. The van der Waals surface area contributed by atoms with Gasteiger partial charge in [-0.1, -0.05) is 13.0 Å². The molecule has 0 radical (unpaired) electrons. The molecular weight excluding hydrogens is 578 g/mol. The lowest BCUT2D eigenvalue weighted by atomic mass is 9.88. The lowest BCUT2D eigenvalue weighted by Crippen LogP contribution is -2.30. The van der Waals surface area contributed by atoms with Gasteiger partial charge in [0, 0.05) is 10.6 Å². The van der Waals surface area contributed by atoms with Crippen LogP contribution in [0.25, 0.3) is 0 Å². The minimum absolute atomic E-state index is 0.0428. The second-order valence-electron chi connectivity index (χ2n) is 9.58. The van der Waals surface area contributed by atoms with Gasteiger partial charge in [-0.25, -0.2) is 26.8 Å². The van der Waals surface area contributed by atoms with E-state index in [1.165, 1.54) is 42.5 Å². The molecule has 4 rings (SSSR count). The van der Waals surface area contributed by atoms with E-state index in [2.05, 4.69) is 17.0 Å². The minimum Gasteiger partial charge on any atom is -0.462 e. The Bertz CT molecular complexity index is 1600. The van der Waals surface area contributed by atoms with Gasteiger partial charge < -0.3 is 14.8 Å². The maximum absolute atomic E-state index is 13.5. The molecule has 0 fully saturated rings.